The van der Waals surface area contributed by atoms with Gasteiger partial charge in [0.1, 0.15) is 0 Å². The van der Waals surface area contributed by atoms with Crippen LogP contribution in [-0.4, -0.2) is 15.0 Å². The Balaban J connectivity index is 2.25. The maximum atomic E-state index is 3.38. The lowest BCUT2D eigenvalue weighted by molar-refractivity contribution is 0.853. The van der Waals surface area contributed by atoms with Gasteiger partial charge < -0.3 is 5.32 Å². The lowest BCUT2D eigenvalue weighted by Crippen LogP contribution is -2.14. The maximum absolute atomic E-state index is 3.38. The highest BCUT2D eigenvalue weighted by Crippen LogP contribution is 2.10. The Morgan fingerprint density at radius 3 is 3.27 bits per heavy atom. The first-order chi connectivity index (χ1) is 5.43. The van der Waals surface area contributed by atoms with E-state index in [4.69, 9.17) is 0 Å². The molecule has 0 aromatic heterocycles. The number of halogens is 1. The SMILES string of the molecule is C/C=C\CNC1=CC=ICC1. The van der Waals surface area contributed by atoms with Crippen LogP contribution in [0, 0.1) is 0 Å². The fraction of sp³-hybridized carbons (Fsp3) is 0.444. The fourth-order valence-corrected chi connectivity index (χ4v) is 2.82. The number of nitrogens with one attached hydrogen (secondary N) is 1. The van der Waals surface area contributed by atoms with Gasteiger partial charge in [-0.15, -0.1) is 20.7 Å². The molecule has 0 aromatic rings. The molecule has 1 aliphatic heterocycles. The molecule has 0 radical (unpaired) electrons. The summed E-state index contributed by atoms with van der Waals surface area (Å²) in [6.07, 6.45) is 7.74. The number of alkyl halides is 1. The van der Waals surface area contributed by atoms with Crippen molar-refractivity contribution in [1.29, 1.82) is 0 Å². The van der Waals surface area contributed by atoms with E-state index in [1.807, 2.05) is 0 Å². The van der Waals surface area contributed by atoms with Crippen LogP contribution in [0.4, 0.5) is 0 Å². The van der Waals surface area contributed by atoms with E-state index in [2.05, 4.69) is 34.5 Å². The zero-order valence-corrected chi connectivity index (χ0v) is 8.97. The van der Waals surface area contributed by atoms with Crippen molar-refractivity contribution in [3.8, 4) is 0 Å². The molecule has 1 rings (SSSR count). The van der Waals surface area contributed by atoms with Crippen LogP contribution in [0.2, 0.25) is 0 Å². The molecule has 0 unspecified atom stereocenters. The van der Waals surface area contributed by atoms with E-state index >= 15 is 0 Å². The summed E-state index contributed by atoms with van der Waals surface area (Å²) in [7, 11) is 0. The molecule has 62 valence electrons. The smallest absolute Gasteiger partial charge is 0.0327 e. The second-order valence-electron chi connectivity index (χ2n) is 2.36. The van der Waals surface area contributed by atoms with Gasteiger partial charge >= 0.3 is 0 Å². The molecular formula is C9H14IN. The van der Waals surface area contributed by atoms with Crippen molar-refractivity contribution >= 4 is 24.7 Å². The molecule has 1 N–H and O–H groups in total. The summed E-state index contributed by atoms with van der Waals surface area (Å²) < 4.78 is 3.76. The van der Waals surface area contributed by atoms with Gasteiger partial charge in [-0.25, -0.2) is 0 Å². The second kappa shape index (κ2) is 5.52. The molecule has 0 fully saturated rings. The quantitative estimate of drug-likeness (QED) is 0.467. The standard InChI is InChI=1S/C9H14IN/c1-2-3-8-11-9-4-6-10-7-5-9/h2-4,6,11H,5,7-8H2,1H3/b3-2-. The Kier molecular flexibility index (Phi) is 4.50. The van der Waals surface area contributed by atoms with Crippen LogP contribution in [0.3, 0.4) is 0 Å². The summed E-state index contributed by atoms with van der Waals surface area (Å²) in [5, 5.41) is 3.38. The summed E-state index contributed by atoms with van der Waals surface area (Å²) >= 11 is 0.408. The van der Waals surface area contributed by atoms with Gasteiger partial charge in [-0.1, -0.05) is 12.2 Å². The minimum absolute atomic E-state index is 0.408. The molecule has 0 atom stereocenters. The minimum atomic E-state index is 0.408. The highest BCUT2D eigenvalue weighted by molar-refractivity contribution is 14.2. The van der Waals surface area contributed by atoms with E-state index in [1.54, 1.807) is 0 Å². The molecule has 1 nitrogen and oxygen atoms in total. The molecule has 0 aliphatic carbocycles. The highest BCUT2D eigenvalue weighted by Gasteiger charge is 1.95. The monoisotopic (exact) mass is 263 g/mol. The van der Waals surface area contributed by atoms with Gasteiger partial charge in [0.15, 0.2) is 0 Å². The van der Waals surface area contributed by atoms with Crippen molar-refractivity contribution in [2.75, 3.05) is 11.0 Å². The Hall–Kier alpha value is -0.120. The molecule has 2 heteroatoms. The van der Waals surface area contributed by atoms with Gasteiger partial charge in [0.25, 0.3) is 0 Å². The second-order valence-corrected chi connectivity index (χ2v) is 5.04. The van der Waals surface area contributed by atoms with E-state index in [1.165, 1.54) is 16.5 Å². The largest absolute Gasteiger partial charge is 0.385 e. The van der Waals surface area contributed by atoms with Crippen molar-refractivity contribution < 1.29 is 0 Å². The molecule has 1 aliphatic rings. The normalized spacial score (nSPS) is 17.7. The first-order valence-corrected chi connectivity index (χ1v) is 6.65. The van der Waals surface area contributed by atoms with Crippen LogP contribution in [0.1, 0.15) is 13.3 Å². The molecule has 1 heterocycles. The molecule has 0 spiro atoms. The molecule has 0 saturated heterocycles. The molecule has 0 aromatic carbocycles. The van der Waals surface area contributed by atoms with Crippen LogP contribution in [0.15, 0.2) is 23.9 Å². The zero-order chi connectivity index (χ0) is 7.94. The van der Waals surface area contributed by atoms with E-state index in [-0.39, 0.29) is 0 Å². The first kappa shape index (κ1) is 8.97. The highest BCUT2D eigenvalue weighted by atomic mass is 127. The molecule has 11 heavy (non-hydrogen) atoms. The van der Waals surface area contributed by atoms with Crippen LogP contribution in [-0.2, 0) is 0 Å². The number of hydrogen-bond acceptors (Lipinski definition) is 1. The third kappa shape index (κ3) is 3.70. The summed E-state index contributed by atoms with van der Waals surface area (Å²) in [4.78, 5) is 0. The predicted octanol–water partition coefficient (Wildman–Crippen LogP) is 2.21. The summed E-state index contributed by atoms with van der Waals surface area (Å²) in [5.41, 5.74) is 1.41. The zero-order valence-electron chi connectivity index (χ0n) is 6.81. The predicted molar refractivity (Wildman–Crippen MR) is 60.5 cm³/mol. The summed E-state index contributed by atoms with van der Waals surface area (Å²) in [5.74, 6) is 0. The van der Waals surface area contributed by atoms with Crippen LogP contribution in [0.25, 0.3) is 0 Å². The van der Waals surface area contributed by atoms with Crippen molar-refractivity contribution in [3.63, 3.8) is 0 Å². The minimum Gasteiger partial charge on any atom is -0.385 e. The first-order valence-electron chi connectivity index (χ1n) is 3.88. The topological polar surface area (TPSA) is 12.0 Å². The van der Waals surface area contributed by atoms with E-state index in [9.17, 15) is 0 Å². The van der Waals surface area contributed by atoms with Gasteiger partial charge in [-0.05, 0) is 23.4 Å². The van der Waals surface area contributed by atoms with E-state index < -0.39 is 0 Å². The van der Waals surface area contributed by atoms with E-state index in [0.717, 1.165) is 6.54 Å². The summed E-state index contributed by atoms with van der Waals surface area (Å²) in [6.45, 7) is 3.03. The average molecular weight is 263 g/mol. The number of hydrogen-bond donors (Lipinski definition) is 1. The molecular weight excluding hydrogens is 249 g/mol. The van der Waals surface area contributed by atoms with Gasteiger partial charge in [0.2, 0.25) is 0 Å². The van der Waals surface area contributed by atoms with Crippen molar-refractivity contribution in [3.05, 3.63) is 23.9 Å². The lowest BCUT2D eigenvalue weighted by Gasteiger charge is -2.09. The van der Waals surface area contributed by atoms with Gasteiger partial charge in [0.05, 0.1) is 0 Å². The molecule has 0 amide bonds. The van der Waals surface area contributed by atoms with Gasteiger partial charge in [0, 0.05) is 16.7 Å². The maximum Gasteiger partial charge on any atom is 0.0327 e. The van der Waals surface area contributed by atoms with Crippen LogP contribution >= 0.6 is 20.7 Å². The van der Waals surface area contributed by atoms with Crippen molar-refractivity contribution in [2.45, 2.75) is 13.3 Å². The van der Waals surface area contributed by atoms with Crippen LogP contribution in [0.5, 0.6) is 0 Å². The van der Waals surface area contributed by atoms with E-state index in [0.29, 0.717) is 20.7 Å². The lowest BCUT2D eigenvalue weighted by atomic mass is 10.3. The van der Waals surface area contributed by atoms with Crippen LogP contribution < -0.4 is 5.32 Å². The van der Waals surface area contributed by atoms with Crippen molar-refractivity contribution in [2.24, 2.45) is 0 Å². The fourth-order valence-electron chi connectivity index (χ4n) is 0.878. The third-order valence-corrected chi connectivity index (χ3v) is 3.54. The molecule has 0 bridgehead atoms. The Labute approximate surface area is 78.3 Å². The van der Waals surface area contributed by atoms with Gasteiger partial charge in [-0.3, -0.25) is 0 Å². The average Bonchev–Trinajstić information content (AvgIpc) is 2.07. The number of allylic oxidation sites excluding steroid dienone is 3. The Bertz CT molecular complexity index is 192. The Morgan fingerprint density at radius 2 is 2.64 bits per heavy atom. The Morgan fingerprint density at radius 1 is 1.73 bits per heavy atom. The molecule has 0 saturated carbocycles. The van der Waals surface area contributed by atoms with Gasteiger partial charge in [-0.2, -0.15) is 0 Å². The third-order valence-electron chi connectivity index (χ3n) is 1.51. The summed E-state index contributed by atoms with van der Waals surface area (Å²) in [6, 6.07) is 0. The number of rotatable bonds is 3. The van der Waals surface area contributed by atoms with Crippen molar-refractivity contribution in [1.82, 2.24) is 5.32 Å².